The summed E-state index contributed by atoms with van der Waals surface area (Å²) in [5, 5.41) is 3.34. The van der Waals surface area contributed by atoms with Gasteiger partial charge in [-0.1, -0.05) is 6.07 Å². The van der Waals surface area contributed by atoms with Crippen LogP contribution in [-0.2, 0) is 4.74 Å². The van der Waals surface area contributed by atoms with Gasteiger partial charge in [-0.3, -0.25) is 19.1 Å². The van der Waals surface area contributed by atoms with E-state index in [1.54, 1.807) is 24.3 Å². The number of halogens is 1. The van der Waals surface area contributed by atoms with Crippen LogP contribution in [0.4, 0.5) is 0 Å². The fraction of sp³-hybridized carbons (Fsp3) is 0.476. The van der Waals surface area contributed by atoms with Gasteiger partial charge in [0.1, 0.15) is 0 Å². The van der Waals surface area contributed by atoms with E-state index in [-0.39, 0.29) is 24.4 Å². The van der Waals surface area contributed by atoms with Gasteiger partial charge in [-0.2, -0.15) is 0 Å². The summed E-state index contributed by atoms with van der Waals surface area (Å²) in [6.07, 6.45) is 5.74. The molecule has 2 saturated heterocycles. The molecule has 1 aromatic carbocycles. The van der Waals surface area contributed by atoms with Gasteiger partial charge < -0.3 is 15.0 Å². The van der Waals surface area contributed by atoms with Crippen LogP contribution in [0, 0.1) is 0 Å². The van der Waals surface area contributed by atoms with Gasteiger partial charge in [-0.05, 0) is 57.0 Å². The summed E-state index contributed by atoms with van der Waals surface area (Å²) in [6, 6.07) is 8.19. The summed E-state index contributed by atoms with van der Waals surface area (Å²) in [6.45, 7) is 3.35. The minimum absolute atomic E-state index is 0. The van der Waals surface area contributed by atoms with Crippen molar-refractivity contribution in [2.45, 2.75) is 37.9 Å². The summed E-state index contributed by atoms with van der Waals surface area (Å²) >= 11 is 0. The highest BCUT2D eigenvalue weighted by Gasteiger charge is 2.26. The standard InChI is InChI=1S/C21H26N4O4.ClH/c26-19-8-13-25(21(28)23-19)16-3-1-2-15(14-16)20(27)24-11-6-18(7-12-24)29-17-4-9-22-10-5-17;/h1-3,8,13-14,17-18,22H,4-7,9-12H2,(H,23,26,28);1H. The highest BCUT2D eigenvalue weighted by molar-refractivity contribution is 5.94. The van der Waals surface area contributed by atoms with E-state index in [1.807, 2.05) is 4.90 Å². The number of nitrogens with zero attached hydrogens (tertiary/aromatic N) is 2. The molecule has 0 bridgehead atoms. The van der Waals surface area contributed by atoms with Crippen LogP contribution < -0.4 is 16.6 Å². The maximum absolute atomic E-state index is 13.0. The van der Waals surface area contributed by atoms with E-state index < -0.39 is 11.2 Å². The van der Waals surface area contributed by atoms with Crippen LogP contribution in [0.1, 0.15) is 36.0 Å². The molecule has 0 spiro atoms. The Hall–Kier alpha value is -2.42. The van der Waals surface area contributed by atoms with E-state index in [0.717, 1.165) is 38.8 Å². The Morgan fingerprint density at radius 2 is 1.70 bits per heavy atom. The molecule has 3 heterocycles. The number of rotatable bonds is 4. The fourth-order valence-corrected chi connectivity index (χ4v) is 3.99. The lowest BCUT2D eigenvalue weighted by Gasteiger charge is -2.35. The molecule has 0 saturated carbocycles. The molecule has 0 radical (unpaired) electrons. The number of likely N-dealkylation sites (tertiary alicyclic amines) is 1. The van der Waals surface area contributed by atoms with E-state index in [2.05, 4.69) is 10.3 Å². The first-order valence-corrected chi connectivity index (χ1v) is 10.2. The van der Waals surface area contributed by atoms with Crippen molar-refractivity contribution in [1.82, 2.24) is 19.8 Å². The molecule has 2 N–H and O–H groups in total. The van der Waals surface area contributed by atoms with Crippen LogP contribution in [0.15, 0.2) is 46.1 Å². The molecule has 1 amide bonds. The Balaban J connectivity index is 0.00000256. The van der Waals surface area contributed by atoms with Gasteiger partial charge in [0.15, 0.2) is 0 Å². The number of amides is 1. The lowest BCUT2D eigenvalue weighted by Crippen LogP contribution is -2.43. The first-order chi connectivity index (χ1) is 14.1. The van der Waals surface area contributed by atoms with Crippen molar-refractivity contribution in [3.63, 3.8) is 0 Å². The van der Waals surface area contributed by atoms with E-state index in [9.17, 15) is 14.4 Å². The third-order valence-corrected chi connectivity index (χ3v) is 5.60. The lowest BCUT2D eigenvalue weighted by atomic mass is 10.0. The zero-order chi connectivity index (χ0) is 20.2. The van der Waals surface area contributed by atoms with E-state index >= 15 is 0 Å². The van der Waals surface area contributed by atoms with Crippen molar-refractivity contribution in [3.05, 3.63) is 62.9 Å². The SMILES string of the molecule is Cl.O=C(c1cccc(-n2ccc(=O)[nH]c2=O)c1)N1CCC(OC2CCNCC2)CC1. The Morgan fingerprint density at radius 3 is 2.40 bits per heavy atom. The van der Waals surface area contributed by atoms with Gasteiger partial charge in [0.2, 0.25) is 0 Å². The first-order valence-electron chi connectivity index (χ1n) is 10.2. The summed E-state index contributed by atoms with van der Waals surface area (Å²) in [7, 11) is 0. The molecule has 30 heavy (non-hydrogen) atoms. The molecule has 2 aliphatic heterocycles. The lowest BCUT2D eigenvalue weighted by molar-refractivity contribution is -0.0499. The Bertz CT molecular complexity index is 975. The molecule has 2 aliphatic rings. The molecular formula is C21H27ClN4O4. The quantitative estimate of drug-likeness (QED) is 0.756. The van der Waals surface area contributed by atoms with Crippen LogP contribution in [0.5, 0.6) is 0 Å². The number of H-pyrrole nitrogens is 1. The number of hydrogen-bond acceptors (Lipinski definition) is 5. The predicted molar refractivity (Wildman–Crippen MR) is 116 cm³/mol. The largest absolute Gasteiger partial charge is 0.375 e. The zero-order valence-electron chi connectivity index (χ0n) is 16.7. The first kappa shape index (κ1) is 22.3. The van der Waals surface area contributed by atoms with Crippen LogP contribution >= 0.6 is 12.4 Å². The third kappa shape index (κ3) is 5.19. The Morgan fingerprint density at radius 1 is 1.00 bits per heavy atom. The minimum atomic E-state index is -0.530. The highest BCUT2D eigenvalue weighted by atomic mass is 35.5. The highest BCUT2D eigenvalue weighted by Crippen LogP contribution is 2.21. The fourth-order valence-electron chi connectivity index (χ4n) is 3.99. The van der Waals surface area contributed by atoms with Crippen LogP contribution in [0.2, 0.25) is 0 Å². The van der Waals surface area contributed by atoms with Gasteiger partial charge in [-0.25, -0.2) is 4.79 Å². The molecule has 0 unspecified atom stereocenters. The molecule has 2 fully saturated rings. The number of carbonyl (C=O) groups is 1. The molecule has 162 valence electrons. The van der Waals surface area contributed by atoms with Crippen molar-refractivity contribution in [2.24, 2.45) is 0 Å². The second-order valence-electron chi connectivity index (χ2n) is 7.61. The average molecular weight is 435 g/mol. The monoisotopic (exact) mass is 434 g/mol. The molecule has 8 nitrogen and oxygen atoms in total. The number of aromatic amines is 1. The third-order valence-electron chi connectivity index (χ3n) is 5.60. The number of hydrogen-bond donors (Lipinski definition) is 2. The summed E-state index contributed by atoms with van der Waals surface area (Å²) < 4.78 is 7.54. The Kier molecular flexibility index (Phi) is 7.47. The molecule has 4 rings (SSSR count). The topological polar surface area (TPSA) is 96.4 Å². The summed E-state index contributed by atoms with van der Waals surface area (Å²) in [5.74, 6) is -0.0513. The van der Waals surface area contributed by atoms with Crippen LogP contribution in [-0.4, -0.2) is 58.7 Å². The Labute approximate surface area is 180 Å². The second kappa shape index (κ2) is 10.1. The molecular weight excluding hydrogens is 408 g/mol. The van der Waals surface area contributed by atoms with Gasteiger partial charge in [0.05, 0.1) is 17.9 Å². The molecule has 0 aliphatic carbocycles. The smallest absolute Gasteiger partial charge is 0.332 e. The second-order valence-corrected chi connectivity index (χ2v) is 7.61. The number of piperidine rings is 2. The normalized spacial score (nSPS) is 18.1. The van der Waals surface area contributed by atoms with E-state index in [1.165, 1.54) is 16.8 Å². The van der Waals surface area contributed by atoms with Gasteiger partial charge in [0, 0.05) is 30.9 Å². The molecule has 9 heteroatoms. The van der Waals surface area contributed by atoms with Crippen molar-refractivity contribution < 1.29 is 9.53 Å². The molecule has 2 aromatic rings. The van der Waals surface area contributed by atoms with Crippen molar-refractivity contribution in [3.8, 4) is 5.69 Å². The van der Waals surface area contributed by atoms with Crippen LogP contribution in [0.3, 0.4) is 0 Å². The van der Waals surface area contributed by atoms with E-state index in [4.69, 9.17) is 4.74 Å². The van der Waals surface area contributed by atoms with Crippen LogP contribution in [0.25, 0.3) is 5.69 Å². The number of benzene rings is 1. The van der Waals surface area contributed by atoms with Gasteiger partial charge >= 0.3 is 5.69 Å². The number of nitrogens with one attached hydrogen (secondary N) is 2. The maximum Gasteiger partial charge on any atom is 0.332 e. The van der Waals surface area contributed by atoms with Crippen molar-refractivity contribution >= 4 is 18.3 Å². The number of ether oxygens (including phenoxy) is 1. The van der Waals surface area contributed by atoms with Crippen molar-refractivity contribution in [1.29, 1.82) is 0 Å². The number of aromatic nitrogens is 2. The summed E-state index contributed by atoms with van der Waals surface area (Å²) in [4.78, 5) is 40.3. The van der Waals surface area contributed by atoms with Crippen molar-refractivity contribution in [2.75, 3.05) is 26.2 Å². The van der Waals surface area contributed by atoms with Gasteiger partial charge in [-0.15, -0.1) is 12.4 Å². The maximum atomic E-state index is 13.0. The number of carbonyl (C=O) groups excluding carboxylic acids is 1. The molecule has 0 atom stereocenters. The average Bonchev–Trinajstić information content (AvgIpc) is 2.75. The minimum Gasteiger partial charge on any atom is -0.375 e. The molecule has 1 aromatic heterocycles. The predicted octanol–water partition coefficient (Wildman–Crippen LogP) is 1.32. The van der Waals surface area contributed by atoms with E-state index in [0.29, 0.717) is 30.4 Å². The summed E-state index contributed by atoms with van der Waals surface area (Å²) in [5.41, 5.74) is 0.0885. The van der Waals surface area contributed by atoms with Gasteiger partial charge in [0.25, 0.3) is 11.5 Å². The zero-order valence-corrected chi connectivity index (χ0v) is 17.5.